The quantitative estimate of drug-likeness (QED) is 0.448. The van der Waals surface area contributed by atoms with E-state index in [0.717, 1.165) is 11.3 Å². The number of ether oxygens (including phenoxy) is 2. The summed E-state index contributed by atoms with van der Waals surface area (Å²) in [6.07, 6.45) is 4.63. The Morgan fingerprint density at radius 3 is 2.77 bits per heavy atom. The molecule has 0 saturated heterocycles. The summed E-state index contributed by atoms with van der Waals surface area (Å²) in [5.41, 5.74) is -0.187. The molecule has 1 fully saturated rings. The predicted octanol–water partition coefficient (Wildman–Crippen LogP) is 1.76. The third kappa shape index (κ3) is 7.64. The summed E-state index contributed by atoms with van der Waals surface area (Å²) >= 11 is 0. The highest BCUT2D eigenvalue weighted by Gasteiger charge is 2.22. The number of H-pyrrole nitrogens is 1. The van der Waals surface area contributed by atoms with E-state index in [-0.39, 0.29) is 31.6 Å². The normalized spacial score (nSPS) is 15.0. The SMILES string of the molecule is CCC(NS(=O)(=O)CCCOCn1ccc(=O)[nH]c1=O)c1cccc(OCC2CC2)c1. The summed E-state index contributed by atoms with van der Waals surface area (Å²) in [7, 11) is -3.52. The van der Waals surface area contributed by atoms with Gasteiger partial charge in [0.25, 0.3) is 5.56 Å². The molecule has 2 aromatic rings. The van der Waals surface area contributed by atoms with Crippen molar-refractivity contribution in [2.75, 3.05) is 19.0 Å². The van der Waals surface area contributed by atoms with Crippen LogP contribution in [0.4, 0.5) is 0 Å². The largest absolute Gasteiger partial charge is 0.493 e. The topological polar surface area (TPSA) is 119 Å². The Hall–Kier alpha value is -2.43. The molecule has 1 heterocycles. The van der Waals surface area contributed by atoms with Crippen LogP contribution in [0.1, 0.15) is 44.2 Å². The zero-order chi connectivity index (χ0) is 22.3. The number of aromatic nitrogens is 2. The van der Waals surface area contributed by atoms with Gasteiger partial charge >= 0.3 is 5.69 Å². The van der Waals surface area contributed by atoms with Gasteiger partial charge < -0.3 is 9.47 Å². The smallest absolute Gasteiger partial charge is 0.330 e. The van der Waals surface area contributed by atoms with E-state index >= 15 is 0 Å². The predicted molar refractivity (Wildman–Crippen MR) is 117 cm³/mol. The van der Waals surface area contributed by atoms with Crippen LogP contribution in [0, 0.1) is 5.92 Å². The second kappa shape index (κ2) is 10.7. The van der Waals surface area contributed by atoms with E-state index in [4.69, 9.17) is 9.47 Å². The molecule has 0 spiro atoms. The van der Waals surface area contributed by atoms with Gasteiger partial charge in [0.15, 0.2) is 0 Å². The fourth-order valence-corrected chi connectivity index (χ4v) is 4.39. The molecule has 3 rings (SSSR count). The average molecular weight is 452 g/mol. The van der Waals surface area contributed by atoms with Crippen molar-refractivity contribution in [1.29, 1.82) is 0 Å². The molecule has 0 aliphatic heterocycles. The van der Waals surface area contributed by atoms with Crippen molar-refractivity contribution in [3.63, 3.8) is 0 Å². The molecule has 1 atom stereocenters. The molecule has 10 heteroatoms. The Morgan fingerprint density at radius 1 is 1.26 bits per heavy atom. The van der Waals surface area contributed by atoms with Crippen LogP contribution in [0.25, 0.3) is 0 Å². The van der Waals surface area contributed by atoms with Crippen LogP contribution in [0.2, 0.25) is 0 Å². The number of nitrogens with one attached hydrogen (secondary N) is 2. The van der Waals surface area contributed by atoms with Crippen LogP contribution >= 0.6 is 0 Å². The monoisotopic (exact) mass is 451 g/mol. The third-order valence-corrected chi connectivity index (χ3v) is 6.47. The molecule has 1 aliphatic rings. The van der Waals surface area contributed by atoms with Gasteiger partial charge in [-0.2, -0.15) is 0 Å². The van der Waals surface area contributed by atoms with Crippen molar-refractivity contribution in [2.45, 2.75) is 45.4 Å². The Labute approximate surface area is 181 Å². The Balaban J connectivity index is 1.46. The van der Waals surface area contributed by atoms with Crippen molar-refractivity contribution < 1.29 is 17.9 Å². The highest BCUT2D eigenvalue weighted by atomic mass is 32.2. The molecule has 0 bridgehead atoms. The minimum atomic E-state index is -3.52. The molecule has 1 unspecified atom stereocenters. The zero-order valence-corrected chi connectivity index (χ0v) is 18.4. The maximum absolute atomic E-state index is 12.5. The molecule has 1 aliphatic carbocycles. The van der Waals surface area contributed by atoms with E-state index in [1.54, 1.807) is 0 Å². The minimum Gasteiger partial charge on any atom is -0.493 e. The lowest BCUT2D eigenvalue weighted by Crippen LogP contribution is -2.31. The molecule has 1 aromatic heterocycles. The molecule has 9 nitrogen and oxygen atoms in total. The molecule has 31 heavy (non-hydrogen) atoms. The van der Waals surface area contributed by atoms with Gasteiger partial charge in [0.05, 0.1) is 12.4 Å². The number of hydrogen-bond acceptors (Lipinski definition) is 6. The van der Waals surface area contributed by atoms with Crippen molar-refractivity contribution in [3.8, 4) is 5.75 Å². The molecular weight excluding hydrogens is 422 g/mol. The minimum absolute atomic E-state index is 0.0612. The van der Waals surface area contributed by atoms with Gasteiger partial charge in [0.1, 0.15) is 12.5 Å². The van der Waals surface area contributed by atoms with Crippen molar-refractivity contribution in [2.24, 2.45) is 5.92 Å². The van der Waals surface area contributed by atoms with E-state index in [1.807, 2.05) is 31.2 Å². The fraction of sp³-hybridized carbons (Fsp3) is 0.524. The second-order valence-corrected chi connectivity index (χ2v) is 9.57. The summed E-state index contributed by atoms with van der Waals surface area (Å²) < 4.78 is 40.1. The number of aromatic amines is 1. The first-order chi connectivity index (χ1) is 14.9. The first kappa shape index (κ1) is 23.2. The lowest BCUT2D eigenvalue weighted by molar-refractivity contribution is 0.0744. The van der Waals surface area contributed by atoms with Crippen LogP contribution in [-0.2, 0) is 21.5 Å². The van der Waals surface area contributed by atoms with E-state index in [2.05, 4.69) is 9.71 Å². The molecule has 2 N–H and O–H groups in total. The highest BCUT2D eigenvalue weighted by Crippen LogP contribution is 2.30. The molecule has 0 radical (unpaired) electrons. The number of rotatable bonds is 13. The van der Waals surface area contributed by atoms with Crippen molar-refractivity contribution in [3.05, 3.63) is 62.9 Å². The lowest BCUT2D eigenvalue weighted by Gasteiger charge is -2.18. The molecule has 1 aromatic carbocycles. The highest BCUT2D eigenvalue weighted by molar-refractivity contribution is 7.89. The summed E-state index contributed by atoms with van der Waals surface area (Å²) in [6.45, 7) is 2.73. The Kier molecular flexibility index (Phi) is 8.05. The van der Waals surface area contributed by atoms with Gasteiger partial charge in [-0.25, -0.2) is 17.9 Å². The summed E-state index contributed by atoms with van der Waals surface area (Å²) in [5.74, 6) is 1.31. The van der Waals surface area contributed by atoms with Gasteiger partial charge in [-0.3, -0.25) is 14.3 Å². The molecule has 1 saturated carbocycles. The molecule has 170 valence electrons. The van der Waals surface area contributed by atoms with Crippen LogP contribution in [-0.4, -0.2) is 36.9 Å². The van der Waals surface area contributed by atoms with E-state index in [1.165, 1.54) is 29.7 Å². The van der Waals surface area contributed by atoms with E-state index in [9.17, 15) is 18.0 Å². The van der Waals surface area contributed by atoms with E-state index in [0.29, 0.717) is 18.9 Å². The van der Waals surface area contributed by atoms with Crippen LogP contribution in [0.15, 0.2) is 46.1 Å². The average Bonchev–Trinajstić information content (AvgIpc) is 3.56. The first-order valence-electron chi connectivity index (χ1n) is 10.5. The number of nitrogens with zero attached hydrogens (tertiary/aromatic N) is 1. The summed E-state index contributed by atoms with van der Waals surface area (Å²) in [6, 6.07) is 8.43. The van der Waals surface area contributed by atoms with Gasteiger partial charge in [-0.1, -0.05) is 19.1 Å². The molecular formula is C21H29N3O6S. The summed E-state index contributed by atoms with van der Waals surface area (Å²) in [5, 5.41) is 0. The standard InChI is InChI=1S/C21H29N3O6S/c1-2-19(17-5-3-6-18(13-17)30-14-16-7-8-16)23-31(27,28)12-4-11-29-15-24-10-9-20(25)22-21(24)26/h3,5-6,9-10,13,16,19,23H,2,4,7-8,11-12,14-15H2,1H3,(H,22,25,26). The van der Waals surface area contributed by atoms with Gasteiger partial charge in [0.2, 0.25) is 10.0 Å². The second-order valence-electron chi connectivity index (χ2n) is 7.70. The lowest BCUT2D eigenvalue weighted by atomic mass is 10.1. The Bertz CT molecular complexity index is 1070. The maximum atomic E-state index is 12.5. The maximum Gasteiger partial charge on any atom is 0.330 e. The first-order valence-corrected chi connectivity index (χ1v) is 12.1. The summed E-state index contributed by atoms with van der Waals surface area (Å²) in [4.78, 5) is 24.7. The Morgan fingerprint density at radius 2 is 2.06 bits per heavy atom. The van der Waals surface area contributed by atoms with Gasteiger partial charge in [0, 0.05) is 24.9 Å². The fourth-order valence-electron chi connectivity index (χ4n) is 3.04. The van der Waals surface area contributed by atoms with Crippen LogP contribution in [0.5, 0.6) is 5.75 Å². The van der Waals surface area contributed by atoms with Crippen molar-refractivity contribution >= 4 is 10.0 Å². The van der Waals surface area contributed by atoms with Crippen molar-refractivity contribution in [1.82, 2.24) is 14.3 Å². The van der Waals surface area contributed by atoms with E-state index < -0.39 is 21.3 Å². The van der Waals surface area contributed by atoms with Gasteiger partial charge in [-0.15, -0.1) is 0 Å². The van der Waals surface area contributed by atoms with Crippen LogP contribution in [0.3, 0.4) is 0 Å². The number of benzene rings is 1. The molecule has 0 amide bonds. The number of sulfonamides is 1. The number of hydrogen-bond donors (Lipinski definition) is 2. The van der Waals surface area contributed by atoms with Gasteiger partial charge in [-0.05, 0) is 49.3 Å². The van der Waals surface area contributed by atoms with Crippen LogP contribution < -0.4 is 20.7 Å². The third-order valence-electron chi connectivity index (χ3n) is 5.00. The zero-order valence-electron chi connectivity index (χ0n) is 17.6.